The van der Waals surface area contributed by atoms with E-state index >= 15 is 0 Å². The molecule has 0 radical (unpaired) electrons. The molecule has 1 unspecified atom stereocenters. The fourth-order valence-corrected chi connectivity index (χ4v) is 1.86. The van der Waals surface area contributed by atoms with E-state index in [1.807, 2.05) is 12.3 Å². The zero-order valence-electron chi connectivity index (χ0n) is 9.52. The lowest BCUT2D eigenvalue weighted by Gasteiger charge is -2.17. The van der Waals surface area contributed by atoms with Crippen LogP contribution < -0.4 is 11.3 Å². The van der Waals surface area contributed by atoms with Crippen molar-refractivity contribution < 1.29 is 9.59 Å². The van der Waals surface area contributed by atoms with Crippen LogP contribution in [0.2, 0.25) is 0 Å². The zero-order chi connectivity index (χ0) is 12.6. The first kappa shape index (κ1) is 11.4. The van der Waals surface area contributed by atoms with Crippen LogP contribution in [0, 0.1) is 19.8 Å². The number of hydrogen-bond donors (Lipinski definition) is 2. The van der Waals surface area contributed by atoms with Crippen molar-refractivity contribution >= 4 is 23.7 Å². The monoisotopic (exact) mass is 232 g/mol. The lowest BCUT2D eigenvalue weighted by atomic mass is 9.93. The molecular weight excluding hydrogens is 220 g/mol. The van der Waals surface area contributed by atoms with Gasteiger partial charge in [0.25, 0.3) is 0 Å². The second kappa shape index (κ2) is 4.06. The van der Waals surface area contributed by atoms with E-state index in [0.29, 0.717) is 11.4 Å². The van der Waals surface area contributed by atoms with Gasteiger partial charge >= 0.3 is 0 Å². The largest absolute Gasteiger partial charge is 0.293 e. The SMILES string of the molecule is Cc1cc(C)c2c(n1)N=CC(C(=O)NN)C2=O. The summed E-state index contributed by atoms with van der Waals surface area (Å²) < 4.78 is 0. The predicted octanol–water partition coefficient (Wildman–Crippen LogP) is 0.203. The first-order chi connectivity index (χ1) is 8.04. The molecule has 88 valence electrons. The van der Waals surface area contributed by atoms with Crippen molar-refractivity contribution in [1.82, 2.24) is 10.4 Å². The van der Waals surface area contributed by atoms with Gasteiger partial charge in [-0.25, -0.2) is 15.8 Å². The van der Waals surface area contributed by atoms with Gasteiger partial charge < -0.3 is 0 Å². The van der Waals surface area contributed by atoms with E-state index < -0.39 is 11.8 Å². The number of carbonyl (C=O) groups excluding carboxylic acids is 2. The number of aromatic nitrogens is 1. The third-order valence-electron chi connectivity index (χ3n) is 2.63. The highest BCUT2D eigenvalue weighted by Crippen LogP contribution is 2.27. The Balaban J connectivity index is 2.53. The molecule has 3 N–H and O–H groups in total. The molecule has 0 aliphatic carbocycles. The molecule has 0 saturated heterocycles. The number of aryl methyl sites for hydroxylation is 2. The van der Waals surface area contributed by atoms with E-state index in [9.17, 15) is 9.59 Å². The summed E-state index contributed by atoms with van der Waals surface area (Å²) in [5, 5.41) is 0. The number of hydrogen-bond acceptors (Lipinski definition) is 5. The molecule has 0 spiro atoms. The van der Waals surface area contributed by atoms with Crippen molar-refractivity contribution in [3.05, 3.63) is 22.9 Å². The van der Waals surface area contributed by atoms with Crippen LogP contribution in [0.5, 0.6) is 0 Å². The number of Topliss-reactive ketones (excluding diaryl/α,β-unsaturated/α-hetero) is 1. The van der Waals surface area contributed by atoms with Crippen molar-refractivity contribution in [3.8, 4) is 0 Å². The number of amides is 1. The third-order valence-corrected chi connectivity index (χ3v) is 2.63. The number of rotatable bonds is 1. The molecule has 6 nitrogen and oxygen atoms in total. The number of nitrogens with zero attached hydrogens (tertiary/aromatic N) is 2. The lowest BCUT2D eigenvalue weighted by molar-refractivity contribution is -0.121. The summed E-state index contributed by atoms with van der Waals surface area (Å²) in [7, 11) is 0. The van der Waals surface area contributed by atoms with Crippen LogP contribution in [0.3, 0.4) is 0 Å². The number of nitrogens with two attached hydrogens (primary N) is 1. The quantitative estimate of drug-likeness (QED) is 0.313. The highest BCUT2D eigenvalue weighted by atomic mass is 16.2. The minimum absolute atomic E-state index is 0.317. The predicted molar refractivity (Wildman–Crippen MR) is 62.0 cm³/mol. The first-order valence-corrected chi connectivity index (χ1v) is 5.11. The second-order valence-electron chi connectivity index (χ2n) is 3.91. The zero-order valence-corrected chi connectivity index (χ0v) is 9.52. The van der Waals surface area contributed by atoms with Gasteiger partial charge in [-0.2, -0.15) is 0 Å². The normalized spacial score (nSPS) is 17.8. The van der Waals surface area contributed by atoms with Crippen molar-refractivity contribution in [1.29, 1.82) is 0 Å². The summed E-state index contributed by atoms with van der Waals surface area (Å²) in [4.78, 5) is 31.7. The van der Waals surface area contributed by atoms with E-state index in [-0.39, 0.29) is 5.78 Å². The molecule has 0 saturated carbocycles. The molecule has 6 heteroatoms. The van der Waals surface area contributed by atoms with Crippen molar-refractivity contribution in [2.24, 2.45) is 16.8 Å². The molecule has 1 amide bonds. The Labute approximate surface area is 97.9 Å². The van der Waals surface area contributed by atoms with Crippen LogP contribution >= 0.6 is 0 Å². The molecule has 1 aromatic rings. The fourth-order valence-electron chi connectivity index (χ4n) is 1.86. The third kappa shape index (κ3) is 1.83. The van der Waals surface area contributed by atoms with Crippen LogP contribution in [0.1, 0.15) is 21.6 Å². The molecule has 1 atom stereocenters. The maximum atomic E-state index is 12.1. The molecule has 2 rings (SSSR count). The van der Waals surface area contributed by atoms with Crippen LogP contribution in [-0.4, -0.2) is 22.9 Å². The van der Waals surface area contributed by atoms with Crippen molar-refractivity contribution in [2.75, 3.05) is 0 Å². The summed E-state index contributed by atoms with van der Waals surface area (Å²) in [5.74, 6) is 3.54. The van der Waals surface area contributed by atoms with Gasteiger partial charge in [0.1, 0.15) is 5.92 Å². The number of ketones is 1. The molecule has 1 aromatic heterocycles. The lowest BCUT2D eigenvalue weighted by Crippen LogP contribution is -2.41. The minimum Gasteiger partial charge on any atom is -0.293 e. The van der Waals surface area contributed by atoms with Gasteiger partial charge in [-0.1, -0.05) is 0 Å². The Hall–Kier alpha value is -2.08. The number of fused-ring (bicyclic) bond motifs is 1. The summed E-state index contributed by atoms with van der Waals surface area (Å²) in [6.45, 7) is 3.62. The molecule has 0 fully saturated rings. The van der Waals surface area contributed by atoms with Crippen molar-refractivity contribution in [3.63, 3.8) is 0 Å². The Morgan fingerprint density at radius 3 is 2.82 bits per heavy atom. The van der Waals surface area contributed by atoms with Gasteiger partial charge in [-0.15, -0.1) is 0 Å². The topological polar surface area (TPSA) is 97.4 Å². The van der Waals surface area contributed by atoms with Gasteiger partial charge in [-0.3, -0.25) is 15.0 Å². The van der Waals surface area contributed by atoms with E-state index in [2.05, 4.69) is 9.98 Å². The minimum atomic E-state index is -0.962. The Bertz CT molecular complexity index is 537. The van der Waals surface area contributed by atoms with Gasteiger partial charge in [-0.05, 0) is 25.5 Å². The van der Waals surface area contributed by atoms with E-state index in [1.165, 1.54) is 6.21 Å². The highest BCUT2D eigenvalue weighted by Gasteiger charge is 2.32. The number of aliphatic imine (C=N–C) groups is 1. The van der Waals surface area contributed by atoms with Crippen molar-refractivity contribution in [2.45, 2.75) is 13.8 Å². The Morgan fingerprint density at radius 2 is 2.18 bits per heavy atom. The van der Waals surface area contributed by atoms with E-state index in [4.69, 9.17) is 5.84 Å². The maximum Gasteiger partial charge on any atom is 0.250 e. The Morgan fingerprint density at radius 1 is 1.47 bits per heavy atom. The molecule has 0 bridgehead atoms. The van der Waals surface area contributed by atoms with Crippen LogP contribution in [0.15, 0.2) is 11.1 Å². The smallest absolute Gasteiger partial charge is 0.250 e. The summed E-state index contributed by atoms with van der Waals surface area (Å²) in [6, 6.07) is 1.79. The molecule has 1 aliphatic heterocycles. The highest BCUT2D eigenvalue weighted by molar-refractivity contribution is 6.23. The number of pyridine rings is 1. The summed E-state index contributed by atoms with van der Waals surface area (Å²) in [6.07, 6.45) is 1.28. The van der Waals surface area contributed by atoms with Crippen LogP contribution in [0.25, 0.3) is 0 Å². The average molecular weight is 232 g/mol. The Kier molecular flexibility index (Phi) is 2.72. The summed E-state index contributed by atoms with van der Waals surface area (Å²) >= 11 is 0. The van der Waals surface area contributed by atoms with Crippen LogP contribution in [-0.2, 0) is 4.79 Å². The molecule has 2 heterocycles. The number of carbonyl (C=O) groups is 2. The molecule has 0 aromatic carbocycles. The fraction of sp³-hybridized carbons (Fsp3) is 0.273. The average Bonchev–Trinajstić information content (AvgIpc) is 2.27. The standard InChI is InChI=1S/C11H12N4O2/c1-5-3-6(2)14-10-8(5)9(16)7(4-13-10)11(17)15-12/h3-4,7H,12H2,1-2H3,(H,15,17). The van der Waals surface area contributed by atoms with E-state index in [0.717, 1.165) is 11.3 Å². The number of nitrogens with one attached hydrogen (secondary N) is 1. The van der Waals surface area contributed by atoms with Gasteiger partial charge in [0.2, 0.25) is 5.91 Å². The molecular formula is C11H12N4O2. The number of hydrazine groups is 1. The molecule has 17 heavy (non-hydrogen) atoms. The van der Waals surface area contributed by atoms with Crippen LogP contribution in [0.4, 0.5) is 5.82 Å². The van der Waals surface area contributed by atoms with Gasteiger partial charge in [0.15, 0.2) is 11.6 Å². The van der Waals surface area contributed by atoms with E-state index in [1.54, 1.807) is 13.0 Å². The maximum absolute atomic E-state index is 12.1. The first-order valence-electron chi connectivity index (χ1n) is 5.11. The van der Waals surface area contributed by atoms with Gasteiger partial charge in [0.05, 0.1) is 5.56 Å². The second-order valence-corrected chi connectivity index (χ2v) is 3.91. The van der Waals surface area contributed by atoms with Gasteiger partial charge in [0, 0.05) is 11.9 Å². The summed E-state index contributed by atoms with van der Waals surface area (Å²) in [5.41, 5.74) is 3.90. The molecule has 1 aliphatic rings.